The van der Waals surface area contributed by atoms with Crippen LogP contribution >= 0.6 is 0 Å². The second kappa shape index (κ2) is 4.15. The second-order valence-corrected chi connectivity index (χ2v) is 5.09. The molecular formula is C11H17F3N2O. The summed E-state index contributed by atoms with van der Waals surface area (Å²) in [5.74, 6) is -0.112. The molecule has 0 bridgehead atoms. The van der Waals surface area contributed by atoms with Crippen LogP contribution < -0.4 is 0 Å². The molecule has 0 aromatic carbocycles. The van der Waals surface area contributed by atoms with Crippen LogP contribution in [0.25, 0.3) is 0 Å². The van der Waals surface area contributed by atoms with Gasteiger partial charge in [-0.25, -0.2) is 0 Å². The molecule has 3 nitrogen and oxygen atoms in total. The predicted octanol–water partition coefficient (Wildman–Crippen LogP) is 1.49. The lowest BCUT2D eigenvalue weighted by atomic mass is 10.1. The molecule has 1 saturated carbocycles. The molecule has 6 heteroatoms. The average molecular weight is 250 g/mol. The Morgan fingerprint density at radius 2 is 1.82 bits per heavy atom. The minimum atomic E-state index is -4.27. The van der Waals surface area contributed by atoms with E-state index in [1.54, 1.807) is 6.92 Å². The van der Waals surface area contributed by atoms with E-state index in [0.717, 1.165) is 12.8 Å². The van der Waals surface area contributed by atoms with Crippen molar-refractivity contribution in [1.29, 1.82) is 0 Å². The molecule has 0 aromatic rings. The predicted molar refractivity (Wildman–Crippen MR) is 56.4 cm³/mol. The molecule has 1 saturated heterocycles. The van der Waals surface area contributed by atoms with Crippen molar-refractivity contribution in [3.05, 3.63) is 0 Å². The van der Waals surface area contributed by atoms with Gasteiger partial charge in [-0.1, -0.05) is 0 Å². The van der Waals surface area contributed by atoms with Crippen LogP contribution in [-0.2, 0) is 4.79 Å². The normalized spacial score (nSPS) is 31.7. The van der Waals surface area contributed by atoms with Gasteiger partial charge in [0, 0.05) is 25.0 Å². The van der Waals surface area contributed by atoms with Crippen LogP contribution in [0.3, 0.4) is 0 Å². The first kappa shape index (κ1) is 12.7. The van der Waals surface area contributed by atoms with Crippen molar-refractivity contribution in [2.45, 2.75) is 38.0 Å². The summed E-state index contributed by atoms with van der Waals surface area (Å²) in [6.07, 6.45) is -2.61. The van der Waals surface area contributed by atoms with Crippen molar-refractivity contribution < 1.29 is 18.0 Å². The molecule has 2 rings (SSSR count). The van der Waals surface area contributed by atoms with Crippen molar-refractivity contribution in [3.8, 4) is 0 Å². The number of hydrogen-bond acceptors (Lipinski definition) is 2. The van der Waals surface area contributed by atoms with Gasteiger partial charge in [-0.05, 0) is 26.8 Å². The summed E-state index contributed by atoms with van der Waals surface area (Å²) in [5, 5.41) is 0. The number of alkyl halides is 3. The SMILES string of the molecule is CC1CN(C(=O)C2CC2)CC(C(F)(F)F)N1C. The topological polar surface area (TPSA) is 23.6 Å². The molecular weight excluding hydrogens is 233 g/mol. The van der Waals surface area contributed by atoms with Crippen molar-refractivity contribution in [2.75, 3.05) is 20.1 Å². The van der Waals surface area contributed by atoms with Crippen LogP contribution in [0.2, 0.25) is 0 Å². The smallest absolute Gasteiger partial charge is 0.339 e. The highest BCUT2D eigenvalue weighted by molar-refractivity contribution is 5.81. The number of carbonyl (C=O) groups is 1. The van der Waals surface area contributed by atoms with Gasteiger partial charge in [0.2, 0.25) is 5.91 Å². The zero-order valence-corrected chi connectivity index (χ0v) is 10.00. The monoisotopic (exact) mass is 250 g/mol. The summed E-state index contributed by atoms with van der Waals surface area (Å²) in [5.41, 5.74) is 0. The Hall–Kier alpha value is -0.780. The zero-order chi connectivity index (χ0) is 12.8. The summed E-state index contributed by atoms with van der Waals surface area (Å²) in [6.45, 7) is 1.91. The average Bonchev–Trinajstić information content (AvgIpc) is 3.02. The van der Waals surface area contributed by atoms with E-state index >= 15 is 0 Å². The Kier molecular flexibility index (Phi) is 3.10. The van der Waals surface area contributed by atoms with E-state index in [0.29, 0.717) is 6.54 Å². The third kappa shape index (κ3) is 2.56. The highest BCUT2D eigenvalue weighted by atomic mass is 19.4. The third-order valence-electron chi connectivity index (χ3n) is 3.68. The molecule has 17 heavy (non-hydrogen) atoms. The number of amides is 1. The summed E-state index contributed by atoms with van der Waals surface area (Å²) < 4.78 is 38.5. The number of nitrogens with zero attached hydrogens (tertiary/aromatic N) is 2. The van der Waals surface area contributed by atoms with E-state index in [1.165, 1.54) is 16.8 Å². The standard InChI is InChI=1S/C11H17F3N2O/c1-7-5-16(10(17)8-3-4-8)6-9(15(7)2)11(12,13)14/h7-9H,3-6H2,1-2H3. The van der Waals surface area contributed by atoms with Crippen molar-refractivity contribution >= 4 is 5.91 Å². The first-order valence-corrected chi connectivity index (χ1v) is 5.88. The maximum absolute atomic E-state index is 12.8. The van der Waals surface area contributed by atoms with E-state index in [4.69, 9.17) is 0 Å². The number of rotatable bonds is 1. The first-order valence-electron chi connectivity index (χ1n) is 5.88. The number of hydrogen-bond donors (Lipinski definition) is 0. The molecule has 98 valence electrons. The number of piperazine rings is 1. The molecule has 0 radical (unpaired) electrons. The van der Waals surface area contributed by atoms with Crippen molar-refractivity contribution in [2.24, 2.45) is 5.92 Å². The lowest BCUT2D eigenvalue weighted by Crippen LogP contribution is -2.62. The molecule has 2 unspecified atom stereocenters. The van der Waals surface area contributed by atoms with Gasteiger partial charge < -0.3 is 4.90 Å². The second-order valence-electron chi connectivity index (χ2n) is 5.09. The molecule has 0 spiro atoms. The van der Waals surface area contributed by atoms with Gasteiger partial charge in [-0.15, -0.1) is 0 Å². The van der Waals surface area contributed by atoms with E-state index in [-0.39, 0.29) is 24.4 Å². The minimum absolute atomic E-state index is 0.0144. The molecule has 2 aliphatic rings. The minimum Gasteiger partial charge on any atom is -0.339 e. The van der Waals surface area contributed by atoms with Crippen molar-refractivity contribution in [3.63, 3.8) is 0 Å². The molecule has 0 N–H and O–H groups in total. The number of halogens is 3. The Morgan fingerprint density at radius 3 is 2.29 bits per heavy atom. The van der Waals surface area contributed by atoms with Crippen LogP contribution in [0.4, 0.5) is 13.2 Å². The summed E-state index contributed by atoms with van der Waals surface area (Å²) in [4.78, 5) is 14.5. The third-order valence-corrected chi connectivity index (χ3v) is 3.68. The number of likely N-dealkylation sites (N-methyl/N-ethyl adjacent to an activating group) is 1. The van der Waals surface area contributed by atoms with E-state index in [2.05, 4.69) is 0 Å². The van der Waals surface area contributed by atoms with Crippen LogP contribution in [0.1, 0.15) is 19.8 Å². The zero-order valence-electron chi connectivity index (χ0n) is 10.00. The summed E-state index contributed by atoms with van der Waals surface area (Å²) in [7, 11) is 1.47. The molecule has 0 aromatic heterocycles. The lowest BCUT2D eigenvalue weighted by Gasteiger charge is -2.44. The van der Waals surface area contributed by atoms with Gasteiger partial charge in [-0.2, -0.15) is 13.2 Å². The van der Waals surface area contributed by atoms with Gasteiger partial charge >= 0.3 is 6.18 Å². The van der Waals surface area contributed by atoms with Gasteiger partial charge in [0.05, 0.1) is 0 Å². The Bertz CT molecular complexity index is 314. The highest BCUT2D eigenvalue weighted by Crippen LogP contribution is 2.34. The van der Waals surface area contributed by atoms with Crippen LogP contribution in [0.5, 0.6) is 0 Å². The quantitative estimate of drug-likeness (QED) is 0.704. The molecule has 2 fully saturated rings. The van der Waals surface area contributed by atoms with Gasteiger partial charge in [0.1, 0.15) is 6.04 Å². The largest absolute Gasteiger partial charge is 0.405 e. The Morgan fingerprint density at radius 1 is 1.24 bits per heavy atom. The van der Waals surface area contributed by atoms with Crippen molar-refractivity contribution in [1.82, 2.24) is 9.80 Å². The number of carbonyl (C=O) groups excluding carboxylic acids is 1. The molecule has 1 amide bonds. The van der Waals surface area contributed by atoms with Gasteiger partial charge in [0.25, 0.3) is 0 Å². The van der Waals surface area contributed by atoms with Crippen LogP contribution in [0.15, 0.2) is 0 Å². The molecule has 1 aliphatic heterocycles. The van der Waals surface area contributed by atoms with Crippen LogP contribution in [-0.4, -0.2) is 54.1 Å². The Labute approximate surface area is 98.6 Å². The fraction of sp³-hybridized carbons (Fsp3) is 0.909. The van der Waals surface area contributed by atoms with E-state index < -0.39 is 12.2 Å². The van der Waals surface area contributed by atoms with Gasteiger partial charge in [0.15, 0.2) is 0 Å². The highest BCUT2D eigenvalue weighted by Gasteiger charge is 2.49. The van der Waals surface area contributed by atoms with Crippen LogP contribution in [0, 0.1) is 5.92 Å². The first-order chi connectivity index (χ1) is 7.80. The maximum Gasteiger partial charge on any atom is 0.405 e. The van der Waals surface area contributed by atoms with E-state index in [9.17, 15) is 18.0 Å². The molecule has 1 heterocycles. The molecule has 1 aliphatic carbocycles. The van der Waals surface area contributed by atoms with E-state index in [1.807, 2.05) is 0 Å². The Balaban J connectivity index is 2.09. The summed E-state index contributed by atoms with van der Waals surface area (Å²) >= 11 is 0. The fourth-order valence-electron chi connectivity index (χ4n) is 2.27. The molecule has 2 atom stereocenters. The lowest BCUT2D eigenvalue weighted by molar-refractivity contribution is -0.201. The summed E-state index contributed by atoms with van der Waals surface area (Å²) in [6, 6.07) is -1.79. The maximum atomic E-state index is 12.8. The fourth-order valence-corrected chi connectivity index (χ4v) is 2.27. The van der Waals surface area contributed by atoms with Gasteiger partial charge in [-0.3, -0.25) is 9.69 Å².